The molecular weight excluding hydrogens is 434 g/mol. The van der Waals surface area contributed by atoms with Crippen molar-refractivity contribution < 1.29 is 19.4 Å². The van der Waals surface area contributed by atoms with Crippen molar-refractivity contribution in [2.45, 2.75) is 64.8 Å². The number of fused-ring (bicyclic) bond motifs is 5. The SMILES string of the molecule is CC[C@@]1(O)C(=O)OCc2c1cc1n(c2=O)Cc2c-1nc1ccc(C)c3c1c2C(NC(C)=O)CC3. The van der Waals surface area contributed by atoms with Crippen LogP contribution in [0.1, 0.15) is 66.1 Å². The van der Waals surface area contributed by atoms with E-state index < -0.39 is 11.6 Å². The van der Waals surface area contributed by atoms with Crippen LogP contribution < -0.4 is 10.9 Å². The summed E-state index contributed by atoms with van der Waals surface area (Å²) in [6.45, 7) is 5.44. The second kappa shape index (κ2) is 6.99. The minimum Gasteiger partial charge on any atom is -0.458 e. The number of aromatic nitrogens is 2. The Morgan fingerprint density at radius 2 is 2.09 bits per heavy atom. The predicted molar refractivity (Wildman–Crippen MR) is 124 cm³/mol. The average molecular weight is 460 g/mol. The summed E-state index contributed by atoms with van der Waals surface area (Å²) < 4.78 is 6.82. The van der Waals surface area contributed by atoms with Gasteiger partial charge in [0.15, 0.2) is 5.60 Å². The molecule has 8 nitrogen and oxygen atoms in total. The largest absolute Gasteiger partial charge is 0.458 e. The van der Waals surface area contributed by atoms with Crippen molar-refractivity contribution in [2.24, 2.45) is 0 Å². The fourth-order valence-electron chi connectivity index (χ4n) is 5.91. The van der Waals surface area contributed by atoms with Crippen LogP contribution in [0, 0.1) is 6.92 Å². The zero-order valence-electron chi connectivity index (χ0n) is 19.3. The maximum Gasteiger partial charge on any atom is 0.343 e. The van der Waals surface area contributed by atoms with Gasteiger partial charge in [0.05, 0.1) is 35.1 Å². The van der Waals surface area contributed by atoms with Crippen molar-refractivity contribution in [1.29, 1.82) is 0 Å². The standard InChI is InChI=1S/C26H25N3O5/c1-4-26(33)17-9-20-23-15(10-29(20)24(31)16(17)11-34-25(26)32)22-18(27-13(3)30)8-6-14-12(2)5-7-19(28-23)21(14)22/h5,7,9,18,33H,4,6,8,10-11H2,1-3H3,(H,27,30)/t18?,26-/m0/s1. The molecule has 2 aliphatic heterocycles. The van der Waals surface area contributed by atoms with Crippen molar-refractivity contribution >= 4 is 22.8 Å². The summed E-state index contributed by atoms with van der Waals surface area (Å²) in [5.41, 5.74) is 4.83. The van der Waals surface area contributed by atoms with E-state index in [1.54, 1.807) is 17.6 Å². The molecule has 1 aromatic carbocycles. The third-order valence-corrected chi connectivity index (χ3v) is 7.65. The molecule has 0 bridgehead atoms. The van der Waals surface area contributed by atoms with Gasteiger partial charge < -0.3 is 19.7 Å². The molecule has 2 atom stereocenters. The van der Waals surface area contributed by atoms with Crippen LogP contribution in [0.2, 0.25) is 0 Å². The Balaban J connectivity index is 1.67. The Bertz CT molecular complexity index is 1510. The number of aryl methyl sites for hydroxylation is 2. The first-order valence-electron chi connectivity index (χ1n) is 11.6. The molecule has 0 spiro atoms. The molecule has 3 aromatic rings. The van der Waals surface area contributed by atoms with Crippen LogP contribution in [0.4, 0.5) is 0 Å². The summed E-state index contributed by atoms with van der Waals surface area (Å²) in [5, 5.41) is 15.3. The fourth-order valence-corrected chi connectivity index (χ4v) is 5.91. The first-order valence-corrected chi connectivity index (χ1v) is 11.6. The van der Waals surface area contributed by atoms with E-state index in [9.17, 15) is 19.5 Å². The van der Waals surface area contributed by atoms with E-state index in [2.05, 4.69) is 18.3 Å². The molecule has 34 heavy (non-hydrogen) atoms. The second-order valence-corrected chi connectivity index (χ2v) is 9.50. The highest BCUT2D eigenvalue weighted by Crippen LogP contribution is 2.45. The Morgan fingerprint density at radius 1 is 1.29 bits per heavy atom. The van der Waals surface area contributed by atoms with E-state index in [1.807, 2.05) is 6.07 Å². The molecule has 1 aliphatic carbocycles. The number of benzene rings is 1. The zero-order chi connectivity index (χ0) is 23.9. The van der Waals surface area contributed by atoms with Crippen LogP contribution in [0.25, 0.3) is 22.3 Å². The molecule has 2 aromatic heterocycles. The van der Waals surface area contributed by atoms with Crippen LogP contribution in [-0.4, -0.2) is 26.5 Å². The number of aliphatic hydroxyl groups is 1. The van der Waals surface area contributed by atoms with E-state index in [1.165, 1.54) is 18.1 Å². The highest BCUT2D eigenvalue weighted by Gasteiger charge is 2.45. The Morgan fingerprint density at radius 3 is 2.82 bits per heavy atom. The van der Waals surface area contributed by atoms with Crippen LogP contribution in [-0.2, 0) is 39.5 Å². The van der Waals surface area contributed by atoms with Crippen LogP contribution in [0.15, 0.2) is 23.0 Å². The lowest BCUT2D eigenvalue weighted by atomic mass is 9.82. The lowest BCUT2D eigenvalue weighted by Crippen LogP contribution is -2.44. The lowest BCUT2D eigenvalue weighted by Gasteiger charge is -2.31. The third-order valence-electron chi connectivity index (χ3n) is 7.65. The minimum absolute atomic E-state index is 0.0955. The first kappa shape index (κ1) is 21.0. The van der Waals surface area contributed by atoms with Gasteiger partial charge in [-0.15, -0.1) is 0 Å². The Kier molecular flexibility index (Phi) is 4.33. The van der Waals surface area contributed by atoms with Crippen molar-refractivity contribution in [2.75, 3.05) is 0 Å². The molecule has 3 aliphatic rings. The molecule has 0 saturated carbocycles. The van der Waals surface area contributed by atoms with E-state index in [0.29, 0.717) is 29.1 Å². The molecule has 8 heteroatoms. The fraction of sp³-hybridized carbons (Fsp3) is 0.385. The number of pyridine rings is 2. The molecular formula is C26H25N3O5. The van der Waals surface area contributed by atoms with Gasteiger partial charge in [-0.05, 0) is 55.0 Å². The Labute approximate surface area is 195 Å². The van der Waals surface area contributed by atoms with Gasteiger partial charge in [0.25, 0.3) is 5.56 Å². The van der Waals surface area contributed by atoms with Gasteiger partial charge in [0.2, 0.25) is 5.91 Å². The normalized spacial score (nSPS) is 22.1. The molecule has 4 heterocycles. The van der Waals surface area contributed by atoms with Gasteiger partial charge in [0, 0.05) is 23.4 Å². The first-order chi connectivity index (χ1) is 16.2. The molecule has 0 fully saturated rings. The number of nitrogens with zero attached hydrogens (tertiary/aromatic N) is 2. The number of carbonyl (C=O) groups is 2. The van der Waals surface area contributed by atoms with E-state index in [4.69, 9.17) is 9.72 Å². The molecule has 1 unspecified atom stereocenters. The summed E-state index contributed by atoms with van der Waals surface area (Å²) in [5.74, 6) is -0.843. The molecule has 174 valence electrons. The van der Waals surface area contributed by atoms with E-state index in [-0.39, 0.29) is 30.5 Å². The van der Waals surface area contributed by atoms with Crippen molar-refractivity contribution in [3.8, 4) is 11.4 Å². The predicted octanol–water partition coefficient (Wildman–Crippen LogP) is 2.51. The zero-order valence-corrected chi connectivity index (χ0v) is 19.3. The summed E-state index contributed by atoms with van der Waals surface area (Å²) in [7, 11) is 0. The minimum atomic E-state index is -1.86. The average Bonchev–Trinajstić information content (AvgIpc) is 3.18. The molecule has 6 rings (SSSR count). The second-order valence-electron chi connectivity index (χ2n) is 9.50. The number of esters is 1. The summed E-state index contributed by atoms with van der Waals surface area (Å²) in [4.78, 5) is 43.0. The summed E-state index contributed by atoms with van der Waals surface area (Å²) in [6, 6.07) is 5.58. The maximum absolute atomic E-state index is 13.5. The smallest absolute Gasteiger partial charge is 0.343 e. The summed E-state index contributed by atoms with van der Waals surface area (Å²) in [6.07, 6.45) is 1.70. The lowest BCUT2D eigenvalue weighted by molar-refractivity contribution is -0.172. The molecule has 2 N–H and O–H groups in total. The van der Waals surface area contributed by atoms with Crippen LogP contribution >= 0.6 is 0 Å². The highest BCUT2D eigenvalue weighted by molar-refractivity contribution is 5.93. The van der Waals surface area contributed by atoms with Gasteiger partial charge >= 0.3 is 5.97 Å². The molecule has 0 radical (unpaired) electrons. The highest BCUT2D eigenvalue weighted by atomic mass is 16.6. The van der Waals surface area contributed by atoms with Gasteiger partial charge in [0.1, 0.15) is 6.61 Å². The van der Waals surface area contributed by atoms with Crippen molar-refractivity contribution in [3.63, 3.8) is 0 Å². The van der Waals surface area contributed by atoms with Gasteiger partial charge in [-0.2, -0.15) is 0 Å². The van der Waals surface area contributed by atoms with Gasteiger partial charge in [-0.1, -0.05) is 13.0 Å². The van der Waals surface area contributed by atoms with Crippen LogP contribution in [0.3, 0.4) is 0 Å². The van der Waals surface area contributed by atoms with Gasteiger partial charge in [-0.3, -0.25) is 9.59 Å². The number of nitrogens with one attached hydrogen (secondary N) is 1. The van der Waals surface area contributed by atoms with E-state index >= 15 is 0 Å². The number of cyclic esters (lactones) is 1. The van der Waals surface area contributed by atoms with Gasteiger partial charge in [-0.25, -0.2) is 9.78 Å². The number of amides is 1. The quantitative estimate of drug-likeness (QED) is 0.446. The van der Waals surface area contributed by atoms with Crippen molar-refractivity contribution in [3.05, 3.63) is 61.9 Å². The maximum atomic E-state index is 13.5. The molecule has 1 amide bonds. The van der Waals surface area contributed by atoms with E-state index in [0.717, 1.165) is 34.9 Å². The monoisotopic (exact) mass is 459 g/mol. The summed E-state index contributed by atoms with van der Waals surface area (Å²) >= 11 is 0. The number of ether oxygens (including phenoxy) is 1. The Hall–Kier alpha value is -3.52. The van der Waals surface area contributed by atoms with Crippen LogP contribution in [0.5, 0.6) is 0 Å². The number of rotatable bonds is 2. The third kappa shape index (κ3) is 2.63. The molecule has 0 saturated heterocycles. The number of carbonyl (C=O) groups excluding carboxylic acids is 2. The number of hydrogen-bond donors (Lipinski definition) is 2. The number of hydrogen-bond acceptors (Lipinski definition) is 6. The van der Waals surface area contributed by atoms with Crippen molar-refractivity contribution in [1.82, 2.24) is 14.9 Å². The topological polar surface area (TPSA) is 111 Å².